The molecule has 0 bridgehead atoms. The van der Waals surface area contributed by atoms with E-state index in [-0.39, 0.29) is 0 Å². The van der Waals surface area contributed by atoms with E-state index < -0.39 is 0 Å². The summed E-state index contributed by atoms with van der Waals surface area (Å²) in [6.07, 6.45) is 0. The zero-order valence-corrected chi connectivity index (χ0v) is 8.95. The molecule has 0 unspecified atom stereocenters. The molecule has 0 aromatic heterocycles. The number of anilines is 1. The van der Waals surface area contributed by atoms with E-state index in [9.17, 15) is 0 Å². The van der Waals surface area contributed by atoms with Gasteiger partial charge in [-0.1, -0.05) is 6.07 Å². The molecule has 0 aliphatic carbocycles. The Morgan fingerprint density at radius 1 is 1.15 bits per heavy atom. The van der Waals surface area contributed by atoms with Crippen LogP contribution in [0.3, 0.4) is 0 Å². The van der Waals surface area contributed by atoms with Gasteiger partial charge < -0.3 is 5.32 Å². The van der Waals surface area contributed by atoms with Crippen LogP contribution in [-0.2, 0) is 0 Å². The first-order valence-corrected chi connectivity index (χ1v) is 5.82. The third-order valence-electron chi connectivity index (χ3n) is 2.23. The van der Waals surface area contributed by atoms with Crippen LogP contribution in [0.1, 0.15) is 11.1 Å². The van der Waals surface area contributed by atoms with Gasteiger partial charge in [0, 0.05) is 23.2 Å². The van der Waals surface area contributed by atoms with Crippen molar-refractivity contribution in [1.82, 2.24) is 0 Å². The van der Waals surface area contributed by atoms with Crippen molar-refractivity contribution in [2.24, 2.45) is 0 Å². The number of aryl methyl sites for hydroxylation is 2. The molecule has 1 aromatic carbocycles. The van der Waals surface area contributed by atoms with Crippen molar-refractivity contribution in [2.45, 2.75) is 19.9 Å². The first-order chi connectivity index (χ1) is 6.24. The number of rotatable bonds is 2. The van der Waals surface area contributed by atoms with Crippen molar-refractivity contribution in [3.05, 3.63) is 29.3 Å². The molecule has 1 aromatic rings. The summed E-state index contributed by atoms with van der Waals surface area (Å²) in [5, 5.41) is 3.54. The van der Waals surface area contributed by atoms with Gasteiger partial charge in [0.1, 0.15) is 0 Å². The van der Waals surface area contributed by atoms with Gasteiger partial charge in [0.05, 0.1) is 0 Å². The third-order valence-corrected chi connectivity index (χ3v) is 3.51. The molecule has 0 spiro atoms. The van der Waals surface area contributed by atoms with Crippen LogP contribution >= 0.6 is 11.8 Å². The fourth-order valence-electron chi connectivity index (χ4n) is 1.61. The average molecular weight is 193 g/mol. The van der Waals surface area contributed by atoms with E-state index in [0.29, 0.717) is 6.04 Å². The SMILES string of the molecule is Cc1cc(C)cc(NC2CSC2)c1. The van der Waals surface area contributed by atoms with Gasteiger partial charge >= 0.3 is 0 Å². The van der Waals surface area contributed by atoms with Crippen molar-refractivity contribution in [3.8, 4) is 0 Å². The molecule has 13 heavy (non-hydrogen) atoms. The molecule has 0 atom stereocenters. The van der Waals surface area contributed by atoms with Crippen LogP contribution in [0.2, 0.25) is 0 Å². The Labute approximate surface area is 83.9 Å². The lowest BCUT2D eigenvalue weighted by Crippen LogP contribution is -2.33. The minimum atomic E-state index is 0.700. The Balaban J connectivity index is 2.10. The molecule has 2 rings (SSSR count). The zero-order chi connectivity index (χ0) is 9.26. The largest absolute Gasteiger partial charge is 0.381 e. The molecular weight excluding hydrogens is 178 g/mol. The van der Waals surface area contributed by atoms with Crippen LogP contribution in [0.25, 0.3) is 0 Å². The Morgan fingerprint density at radius 2 is 1.77 bits per heavy atom. The van der Waals surface area contributed by atoms with Crippen LogP contribution in [0.15, 0.2) is 18.2 Å². The Kier molecular flexibility index (Phi) is 2.49. The molecule has 0 saturated carbocycles. The number of benzene rings is 1. The monoisotopic (exact) mass is 193 g/mol. The van der Waals surface area contributed by atoms with E-state index in [2.05, 4.69) is 37.4 Å². The normalized spacial score (nSPS) is 16.8. The first-order valence-electron chi connectivity index (χ1n) is 4.66. The molecule has 1 nitrogen and oxygen atoms in total. The minimum absolute atomic E-state index is 0.700. The molecule has 2 heteroatoms. The zero-order valence-electron chi connectivity index (χ0n) is 8.13. The van der Waals surface area contributed by atoms with Crippen LogP contribution in [0, 0.1) is 13.8 Å². The lowest BCUT2D eigenvalue weighted by molar-refractivity contribution is 0.882. The first kappa shape index (κ1) is 8.95. The summed E-state index contributed by atoms with van der Waals surface area (Å²) in [7, 11) is 0. The molecule has 1 heterocycles. The van der Waals surface area contributed by atoms with Crippen LogP contribution in [0.5, 0.6) is 0 Å². The van der Waals surface area contributed by atoms with Gasteiger partial charge in [-0.25, -0.2) is 0 Å². The molecule has 1 saturated heterocycles. The summed E-state index contributed by atoms with van der Waals surface area (Å²) >= 11 is 2.01. The Bertz CT molecular complexity index is 285. The number of nitrogens with one attached hydrogen (secondary N) is 1. The topological polar surface area (TPSA) is 12.0 Å². The second-order valence-electron chi connectivity index (χ2n) is 3.76. The molecule has 70 valence electrons. The van der Waals surface area contributed by atoms with Gasteiger partial charge in [-0.15, -0.1) is 0 Å². The van der Waals surface area contributed by atoms with Crippen LogP contribution in [-0.4, -0.2) is 17.5 Å². The van der Waals surface area contributed by atoms with Crippen molar-refractivity contribution < 1.29 is 0 Å². The van der Waals surface area contributed by atoms with E-state index in [1.165, 1.54) is 28.3 Å². The predicted octanol–water partition coefficient (Wildman–Crippen LogP) is 2.83. The van der Waals surface area contributed by atoms with E-state index in [0.717, 1.165) is 0 Å². The van der Waals surface area contributed by atoms with Gasteiger partial charge in [-0.2, -0.15) is 11.8 Å². The summed E-state index contributed by atoms with van der Waals surface area (Å²) in [5.41, 5.74) is 3.96. The second kappa shape index (κ2) is 3.62. The Morgan fingerprint density at radius 3 is 2.23 bits per heavy atom. The van der Waals surface area contributed by atoms with Crippen molar-refractivity contribution in [2.75, 3.05) is 16.8 Å². The molecule has 1 aliphatic heterocycles. The van der Waals surface area contributed by atoms with E-state index in [4.69, 9.17) is 0 Å². The quantitative estimate of drug-likeness (QED) is 0.775. The minimum Gasteiger partial charge on any atom is -0.381 e. The standard InChI is InChI=1S/C11H15NS/c1-8-3-9(2)5-10(4-8)12-11-6-13-7-11/h3-5,11-12H,6-7H2,1-2H3. The highest BCUT2D eigenvalue weighted by Crippen LogP contribution is 2.23. The van der Waals surface area contributed by atoms with Crippen LogP contribution in [0.4, 0.5) is 5.69 Å². The smallest absolute Gasteiger partial charge is 0.0442 e. The molecule has 0 radical (unpaired) electrons. The van der Waals surface area contributed by atoms with E-state index in [1.807, 2.05) is 11.8 Å². The van der Waals surface area contributed by atoms with Gasteiger partial charge in [0.25, 0.3) is 0 Å². The fraction of sp³-hybridized carbons (Fsp3) is 0.455. The van der Waals surface area contributed by atoms with Crippen molar-refractivity contribution in [1.29, 1.82) is 0 Å². The highest BCUT2D eigenvalue weighted by molar-refractivity contribution is 8.00. The summed E-state index contributed by atoms with van der Waals surface area (Å²) < 4.78 is 0. The third kappa shape index (κ3) is 2.19. The highest BCUT2D eigenvalue weighted by atomic mass is 32.2. The summed E-state index contributed by atoms with van der Waals surface area (Å²) in [6.45, 7) is 4.29. The predicted molar refractivity (Wildman–Crippen MR) is 60.7 cm³/mol. The highest BCUT2D eigenvalue weighted by Gasteiger charge is 2.17. The summed E-state index contributed by atoms with van der Waals surface area (Å²) in [6, 6.07) is 7.35. The van der Waals surface area contributed by atoms with Gasteiger partial charge in [0.15, 0.2) is 0 Å². The molecule has 1 aliphatic rings. The van der Waals surface area contributed by atoms with E-state index >= 15 is 0 Å². The molecule has 1 N–H and O–H groups in total. The van der Waals surface area contributed by atoms with Crippen molar-refractivity contribution in [3.63, 3.8) is 0 Å². The second-order valence-corrected chi connectivity index (χ2v) is 4.83. The number of hydrogen-bond acceptors (Lipinski definition) is 2. The Hall–Kier alpha value is -0.630. The molecule has 1 fully saturated rings. The van der Waals surface area contributed by atoms with Gasteiger partial charge in [-0.05, 0) is 37.1 Å². The lowest BCUT2D eigenvalue weighted by atomic mass is 10.1. The summed E-state index contributed by atoms with van der Waals surface area (Å²) in [4.78, 5) is 0. The maximum Gasteiger partial charge on any atom is 0.0442 e. The van der Waals surface area contributed by atoms with Gasteiger partial charge in [0.2, 0.25) is 0 Å². The van der Waals surface area contributed by atoms with E-state index in [1.54, 1.807) is 0 Å². The van der Waals surface area contributed by atoms with Crippen LogP contribution < -0.4 is 5.32 Å². The maximum absolute atomic E-state index is 3.54. The maximum atomic E-state index is 3.54. The number of hydrogen-bond donors (Lipinski definition) is 1. The van der Waals surface area contributed by atoms with Crippen molar-refractivity contribution >= 4 is 17.4 Å². The fourth-order valence-corrected chi connectivity index (χ4v) is 2.25. The van der Waals surface area contributed by atoms with Gasteiger partial charge in [-0.3, -0.25) is 0 Å². The lowest BCUT2D eigenvalue weighted by Gasteiger charge is -2.27. The number of thioether (sulfide) groups is 1. The average Bonchev–Trinajstić information content (AvgIpc) is 1.95. The molecule has 0 amide bonds. The molecular formula is C11H15NS. The summed E-state index contributed by atoms with van der Waals surface area (Å²) in [5.74, 6) is 2.51.